The van der Waals surface area contributed by atoms with Gasteiger partial charge in [0.1, 0.15) is 5.75 Å². The second-order valence-corrected chi connectivity index (χ2v) is 3.77. The van der Waals surface area contributed by atoms with Crippen molar-refractivity contribution < 1.29 is 9.26 Å². The summed E-state index contributed by atoms with van der Waals surface area (Å²) in [5, 5.41) is 3.85. The average Bonchev–Trinajstić information content (AvgIpc) is 2.77. The lowest BCUT2D eigenvalue weighted by Gasteiger charge is -2.04. The van der Waals surface area contributed by atoms with Gasteiger partial charge in [-0.15, -0.1) is 11.6 Å². The van der Waals surface area contributed by atoms with Crippen molar-refractivity contribution in [3.63, 3.8) is 0 Å². The van der Waals surface area contributed by atoms with E-state index in [1.165, 1.54) is 0 Å². The number of rotatable bonds is 3. The Morgan fingerprint density at radius 2 is 2.19 bits per heavy atom. The van der Waals surface area contributed by atoms with Gasteiger partial charge in [0, 0.05) is 11.6 Å². The molecular weight excluding hydrogens is 226 g/mol. The van der Waals surface area contributed by atoms with E-state index >= 15 is 0 Å². The Kier molecular flexibility index (Phi) is 3.15. The number of alkyl halides is 1. The van der Waals surface area contributed by atoms with Crippen LogP contribution in [0.25, 0.3) is 11.3 Å². The Morgan fingerprint density at radius 3 is 2.75 bits per heavy atom. The molecule has 4 heteroatoms. The lowest BCUT2D eigenvalue weighted by atomic mass is 10.1. The summed E-state index contributed by atoms with van der Waals surface area (Å²) in [6.07, 6.45) is 0. The Labute approximate surface area is 99.0 Å². The molecule has 0 amide bonds. The van der Waals surface area contributed by atoms with Crippen molar-refractivity contribution in [1.82, 2.24) is 5.16 Å². The number of benzene rings is 1. The smallest absolute Gasteiger partial charge is 0.167 e. The molecule has 0 saturated carbocycles. The largest absolute Gasteiger partial charge is 0.496 e. The van der Waals surface area contributed by atoms with Gasteiger partial charge in [-0.05, 0) is 30.7 Å². The lowest BCUT2D eigenvalue weighted by Crippen LogP contribution is -1.87. The molecule has 0 fully saturated rings. The standard InChI is InChI=1S/C12H12ClNO2/c1-8-5-9(3-4-11(8)15-2)12-6-10(7-13)14-16-12/h3-6H,7H2,1-2H3. The van der Waals surface area contributed by atoms with Crippen LogP contribution in [0.15, 0.2) is 28.8 Å². The van der Waals surface area contributed by atoms with Gasteiger partial charge in [0.05, 0.1) is 18.7 Å². The summed E-state index contributed by atoms with van der Waals surface area (Å²) in [6, 6.07) is 7.68. The summed E-state index contributed by atoms with van der Waals surface area (Å²) in [6.45, 7) is 1.99. The molecule has 1 heterocycles. The second kappa shape index (κ2) is 4.58. The summed E-state index contributed by atoms with van der Waals surface area (Å²) < 4.78 is 10.4. The third kappa shape index (κ3) is 2.04. The van der Waals surface area contributed by atoms with Crippen LogP contribution in [-0.4, -0.2) is 12.3 Å². The highest BCUT2D eigenvalue weighted by molar-refractivity contribution is 6.16. The number of methoxy groups -OCH3 is 1. The van der Waals surface area contributed by atoms with E-state index in [0.29, 0.717) is 5.88 Å². The van der Waals surface area contributed by atoms with Crippen LogP contribution in [0, 0.1) is 6.92 Å². The monoisotopic (exact) mass is 237 g/mol. The van der Waals surface area contributed by atoms with Gasteiger partial charge in [-0.1, -0.05) is 5.16 Å². The first-order valence-electron chi connectivity index (χ1n) is 4.91. The van der Waals surface area contributed by atoms with Crippen molar-refractivity contribution >= 4 is 11.6 Å². The Hall–Kier alpha value is -1.48. The Morgan fingerprint density at radius 1 is 1.38 bits per heavy atom. The first kappa shape index (κ1) is 11.0. The van der Waals surface area contributed by atoms with E-state index in [9.17, 15) is 0 Å². The molecule has 0 aliphatic rings. The number of hydrogen-bond acceptors (Lipinski definition) is 3. The van der Waals surface area contributed by atoms with Crippen molar-refractivity contribution in [3.8, 4) is 17.1 Å². The predicted molar refractivity (Wildman–Crippen MR) is 62.8 cm³/mol. The molecule has 16 heavy (non-hydrogen) atoms. The third-order valence-electron chi connectivity index (χ3n) is 2.38. The van der Waals surface area contributed by atoms with E-state index in [-0.39, 0.29) is 0 Å². The maximum absolute atomic E-state index is 5.66. The molecule has 2 aromatic rings. The van der Waals surface area contributed by atoms with Crippen LogP contribution in [0.5, 0.6) is 5.75 Å². The van der Waals surface area contributed by atoms with E-state index in [1.807, 2.05) is 31.2 Å². The summed E-state index contributed by atoms with van der Waals surface area (Å²) in [4.78, 5) is 0. The van der Waals surface area contributed by atoms with Crippen molar-refractivity contribution in [1.29, 1.82) is 0 Å². The minimum atomic E-state index is 0.360. The topological polar surface area (TPSA) is 35.3 Å². The molecule has 3 nitrogen and oxygen atoms in total. The van der Waals surface area contributed by atoms with Crippen molar-refractivity contribution in [2.75, 3.05) is 7.11 Å². The highest BCUT2D eigenvalue weighted by atomic mass is 35.5. The van der Waals surface area contributed by atoms with Crippen molar-refractivity contribution in [3.05, 3.63) is 35.5 Å². The van der Waals surface area contributed by atoms with Crippen molar-refractivity contribution in [2.45, 2.75) is 12.8 Å². The normalized spacial score (nSPS) is 10.4. The highest BCUT2D eigenvalue weighted by Crippen LogP contribution is 2.26. The van der Waals surface area contributed by atoms with E-state index < -0.39 is 0 Å². The van der Waals surface area contributed by atoms with E-state index in [4.69, 9.17) is 20.9 Å². The van der Waals surface area contributed by atoms with E-state index in [1.54, 1.807) is 7.11 Å². The molecule has 0 aliphatic carbocycles. The molecule has 0 radical (unpaired) electrons. The molecule has 2 rings (SSSR count). The van der Waals surface area contributed by atoms with Crippen LogP contribution in [-0.2, 0) is 5.88 Å². The van der Waals surface area contributed by atoms with Gasteiger partial charge in [0.2, 0.25) is 0 Å². The molecular formula is C12H12ClNO2. The number of nitrogens with zero attached hydrogens (tertiary/aromatic N) is 1. The number of halogens is 1. The molecule has 0 spiro atoms. The SMILES string of the molecule is COc1ccc(-c2cc(CCl)no2)cc1C. The first-order valence-corrected chi connectivity index (χ1v) is 5.44. The van der Waals surface area contributed by atoms with Gasteiger partial charge in [-0.25, -0.2) is 0 Å². The third-order valence-corrected chi connectivity index (χ3v) is 2.65. The molecule has 0 aliphatic heterocycles. The van der Waals surface area contributed by atoms with Crippen LogP contribution in [0.4, 0.5) is 0 Å². The molecule has 0 atom stereocenters. The van der Waals surface area contributed by atoms with Gasteiger partial charge in [0.25, 0.3) is 0 Å². The van der Waals surface area contributed by atoms with Crippen LogP contribution in [0.2, 0.25) is 0 Å². The summed E-state index contributed by atoms with van der Waals surface area (Å²) in [5.74, 6) is 1.95. The minimum Gasteiger partial charge on any atom is -0.496 e. The predicted octanol–water partition coefficient (Wildman–Crippen LogP) is 3.40. The highest BCUT2D eigenvalue weighted by Gasteiger charge is 2.07. The molecule has 84 valence electrons. The van der Waals surface area contributed by atoms with E-state index in [2.05, 4.69) is 5.16 Å². The van der Waals surface area contributed by atoms with Crippen LogP contribution >= 0.6 is 11.6 Å². The number of aryl methyl sites for hydroxylation is 1. The molecule has 1 aromatic heterocycles. The fourth-order valence-electron chi connectivity index (χ4n) is 1.54. The summed E-state index contributed by atoms with van der Waals surface area (Å²) in [5.41, 5.74) is 2.77. The second-order valence-electron chi connectivity index (χ2n) is 3.50. The van der Waals surface area contributed by atoms with Gasteiger partial charge in [-0.2, -0.15) is 0 Å². The Bertz CT molecular complexity index is 494. The zero-order valence-electron chi connectivity index (χ0n) is 9.16. The zero-order valence-corrected chi connectivity index (χ0v) is 9.91. The molecule has 0 bridgehead atoms. The maximum Gasteiger partial charge on any atom is 0.167 e. The summed E-state index contributed by atoms with van der Waals surface area (Å²) >= 11 is 5.66. The van der Waals surface area contributed by atoms with Crippen molar-refractivity contribution in [2.24, 2.45) is 0 Å². The van der Waals surface area contributed by atoms with Crippen LogP contribution < -0.4 is 4.74 Å². The fourth-order valence-corrected chi connectivity index (χ4v) is 1.67. The van der Waals surface area contributed by atoms with Gasteiger partial charge >= 0.3 is 0 Å². The average molecular weight is 238 g/mol. The number of aromatic nitrogens is 1. The lowest BCUT2D eigenvalue weighted by molar-refractivity contribution is 0.411. The quantitative estimate of drug-likeness (QED) is 0.768. The molecule has 0 unspecified atom stereocenters. The van der Waals surface area contributed by atoms with Crippen LogP contribution in [0.1, 0.15) is 11.3 Å². The first-order chi connectivity index (χ1) is 7.74. The van der Waals surface area contributed by atoms with Gasteiger partial charge < -0.3 is 9.26 Å². The number of hydrogen-bond donors (Lipinski definition) is 0. The summed E-state index contributed by atoms with van der Waals surface area (Å²) in [7, 11) is 1.65. The van der Waals surface area contributed by atoms with Gasteiger partial charge in [0.15, 0.2) is 5.76 Å². The fraction of sp³-hybridized carbons (Fsp3) is 0.250. The number of ether oxygens (including phenoxy) is 1. The van der Waals surface area contributed by atoms with Crippen LogP contribution in [0.3, 0.4) is 0 Å². The van der Waals surface area contributed by atoms with Gasteiger partial charge in [-0.3, -0.25) is 0 Å². The molecule has 0 saturated heterocycles. The zero-order chi connectivity index (χ0) is 11.5. The molecule has 1 aromatic carbocycles. The van der Waals surface area contributed by atoms with E-state index in [0.717, 1.165) is 28.3 Å². The molecule has 0 N–H and O–H groups in total. The Balaban J connectivity index is 2.37. The maximum atomic E-state index is 5.66. The minimum absolute atomic E-state index is 0.360.